The van der Waals surface area contributed by atoms with Gasteiger partial charge in [0.15, 0.2) is 0 Å². The van der Waals surface area contributed by atoms with Crippen LogP contribution in [-0.4, -0.2) is 58.8 Å². The van der Waals surface area contributed by atoms with E-state index >= 15 is 0 Å². The molecule has 51 heavy (non-hydrogen) atoms. The lowest BCUT2D eigenvalue weighted by Crippen LogP contribution is -2.36. The molecule has 0 saturated carbocycles. The number of aromatic amines is 1. The van der Waals surface area contributed by atoms with Crippen LogP contribution in [0.2, 0.25) is 0 Å². The fourth-order valence-electron chi connectivity index (χ4n) is 7.06. The average molecular weight is 713 g/mol. The Morgan fingerprint density at radius 3 is 2.10 bits per heavy atom. The first-order valence-electron chi connectivity index (χ1n) is 17.5. The van der Waals surface area contributed by atoms with E-state index in [1.54, 1.807) is 20.2 Å². The molecule has 1 aromatic heterocycles. The van der Waals surface area contributed by atoms with Crippen molar-refractivity contribution in [3.63, 3.8) is 0 Å². The van der Waals surface area contributed by atoms with Crippen molar-refractivity contribution in [1.29, 1.82) is 0 Å². The predicted molar refractivity (Wildman–Crippen MR) is 201 cm³/mol. The Kier molecular flexibility index (Phi) is 13.0. The zero-order valence-corrected chi connectivity index (χ0v) is 31.2. The molecule has 5 rings (SSSR count). The molecule has 3 aromatic carbocycles. The van der Waals surface area contributed by atoms with Gasteiger partial charge in [0, 0.05) is 35.7 Å². The number of hydrogen-bond donors (Lipinski definition) is 1. The van der Waals surface area contributed by atoms with Crippen molar-refractivity contribution in [2.75, 3.05) is 20.3 Å². The van der Waals surface area contributed by atoms with Crippen molar-refractivity contribution < 1.29 is 18.5 Å². The van der Waals surface area contributed by atoms with Crippen LogP contribution >= 0.6 is 8.53 Å². The molecule has 1 aliphatic heterocycles. The van der Waals surface area contributed by atoms with Crippen LogP contribution in [0.4, 0.5) is 0 Å². The molecule has 1 N–H and O–H groups in total. The molecule has 0 aliphatic carbocycles. The number of nitrogens with zero attached hydrogens (tertiary/aromatic N) is 3. The molecule has 1 fully saturated rings. The van der Waals surface area contributed by atoms with E-state index < -0.39 is 43.6 Å². The van der Waals surface area contributed by atoms with Gasteiger partial charge < -0.3 is 23.4 Å². The molecule has 1 unspecified atom stereocenters. The second-order valence-corrected chi connectivity index (χ2v) is 14.8. The number of methoxy groups -OCH3 is 1. The first-order chi connectivity index (χ1) is 24.6. The number of ether oxygens (including phenoxy) is 2. The highest BCUT2D eigenvalue weighted by Gasteiger charge is 2.44. The summed E-state index contributed by atoms with van der Waals surface area (Å²) in [6, 6.07) is 29.4. The Labute approximate surface area is 302 Å². The van der Waals surface area contributed by atoms with E-state index in [2.05, 4.69) is 103 Å². The quantitative estimate of drug-likeness (QED) is 0.0552. The molecule has 1 saturated heterocycles. The minimum absolute atomic E-state index is 0.115. The van der Waals surface area contributed by atoms with Crippen LogP contribution in [0, 0.1) is 13.5 Å². The summed E-state index contributed by atoms with van der Waals surface area (Å²) >= 11 is 0. The van der Waals surface area contributed by atoms with Crippen molar-refractivity contribution in [2.24, 2.45) is 0 Å². The summed E-state index contributed by atoms with van der Waals surface area (Å²) in [7, 11) is 0.0821. The standard InChI is InChI=1S/C40H49N4O6P/c1-28(2)44(29(3)4)51(48-25-24-41-6)50-36-26-37(43-27-30(5)38(45)42-39(43)46)49-35(36)22-23-40(31-14-10-8-11-15-31,32-16-12-9-13-17-32)33-18-20-34(47-7)21-19-33/h8-21,27-29,35-37H,22-26H2,1-5,7H3,(H,42,45,46)/t35-,36-,37-,51?/m1/s1. The summed E-state index contributed by atoms with van der Waals surface area (Å²) in [4.78, 5) is 31.3. The number of H-pyrrole nitrogens is 1. The normalized spacial score (nSPS) is 18.3. The van der Waals surface area contributed by atoms with Gasteiger partial charge in [-0.2, -0.15) is 0 Å². The van der Waals surface area contributed by atoms with E-state index in [0.717, 1.165) is 22.4 Å². The molecule has 4 aromatic rings. The molecule has 10 nitrogen and oxygen atoms in total. The summed E-state index contributed by atoms with van der Waals surface area (Å²) in [5.41, 5.74) is 2.28. The van der Waals surface area contributed by atoms with E-state index in [4.69, 9.17) is 25.1 Å². The van der Waals surface area contributed by atoms with Crippen molar-refractivity contribution >= 4 is 8.53 Å². The van der Waals surface area contributed by atoms with Gasteiger partial charge in [0.05, 0.1) is 19.3 Å². The third-order valence-corrected chi connectivity index (χ3v) is 11.6. The van der Waals surface area contributed by atoms with E-state index in [1.807, 2.05) is 24.3 Å². The van der Waals surface area contributed by atoms with E-state index in [0.29, 0.717) is 24.8 Å². The molecular weight excluding hydrogens is 663 g/mol. The lowest BCUT2D eigenvalue weighted by molar-refractivity contribution is -0.0247. The van der Waals surface area contributed by atoms with Gasteiger partial charge in [0.1, 0.15) is 18.6 Å². The molecule has 4 atom stereocenters. The number of benzene rings is 3. The third-order valence-electron chi connectivity index (χ3n) is 9.43. The van der Waals surface area contributed by atoms with Crippen LogP contribution in [0.15, 0.2) is 101 Å². The van der Waals surface area contributed by atoms with Gasteiger partial charge in [-0.25, -0.2) is 16.0 Å². The smallest absolute Gasteiger partial charge is 0.330 e. The van der Waals surface area contributed by atoms with Gasteiger partial charge in [0.2, 0.25) is 6.54 Å². The zero-order valence-electron chi connectivity index (χ0n) is 30.3. The summed E-state index contributed by atoms with van der Waals surface area (Å²) in [5.74, 6) is 0.775. The van der Waals surface area contributed by atoms with Gasteiger partial charge >= 0.3 is 5.69 Å². The first-order valence-corrected chi connectivity index (χ1v) is 18.7. The minimum Gasteiger partial charge on any atom is -0.497 e. The number of hydrogen-bond acceptors (Lipinski definition) is 7. The van der Waals surface area contributed by atoms with Crippen molar-refractivity contribution in [1.82, 2.24) is 14.2 Å². The van der Waals surface area contributed by atoms with Crippen LogP contribution in [0.1, 0.15) is 75.4 Å². The van der Waals surface area contributed by atoms with Gasteiger partial charge in [-0.05, 0) is 76.3 Å². The van der Waals surface area contributed by atoms with Crippen molar-refractivity contribution in [3.05, 3.63) is 146 Å². The molecule has 0 spiro atoms. The van der Waals surface area contributed by atoms with Crippen molar-refractivity contribution in [3.8, 4) is 5.75 Å². The molecule has 270 valence electrons. The molecule has 1 aliphatic rings. The van der Waals surface area contributed by atoms with Gasteiger partial charge in [-0.3, -0.25) is 14.3 Å². The maximum absolute atomic E-state index is 13.1. The highest BCUT2D eigenvalue weighted by Crippen LogP contribution is 2.51. The Morgan fingerprint density at radius 1 is 0.961 bits per heavy atom. The summed E-state index contributed by atoms with van der Waals surface area (Å²) < 4.78 is 29.3. The maximum Gasteiger partial charge on any atom is 0.330 e. The van der Waals surface area contributed by atoms with E-state index in [9.17, 15) is 9.59 Å². The topological polar surface area (TPSA) is 99.4 Å². The third kappa shape index (κ3) is 8.69. The lowest BCUT2D eigenvalue weighted by Gasteiger charge is -2.39. The Morgan fingerprint density at radius 2 is 1.55 bits per heavy atom. The van der Waals surface area contributed by atoms with E-state index in [1.165, 1.54) is 4.57 Å². The van der Waals surface area contributed by atoms with Gasteiger partial charge in [-0.15, -0.1) is 0 Å². The Balaban J connectivity index is 1.58. The molecule has 2 heterocycles. The molecule has 0 bridgehead atoms. The minimum atomic E-state index is -1.58. The average Bonchev–Trinajstić information content (AvgIpc) is 3.53. The highest BCUT2D eigenvalue weighted by molar-refractivity contribution is 7.44. The second-order valence-electron chi connectivity index (χ2n) is 13.4. The van der Waals surface area contributed by atoms with Crippen LogP contribution in [-0.2, 0) is 19.2 Å². The Bertz CT molecular complexity index is 1810. The van der Waals surface area contributed by atoms with E-state index in [-0.39, 0.29) is 25.2 Å². The van der Waals surface area contributed by atoms with Crippen LogP contribution in [0.25, 0.3) is 4.85 Å². The Hall–Kier alpha value is -4.10. The maximum atomic E-state index is 13.1. The highest BCUT2D eigenvalue weighted by atomic mass is 31.2. The molecule has 0 amide bonds. The SMILES string of the molecule is [C-]#[N+]CCOP(O[C@@H]1C[C@H](n2cc(C)c(=O)[nH]c2=O)O[C@@H]1CCC(c1ccccc1)(c1ccccc1)c1ccc(OC)cc1)N(C(C)C)C(C)C. The van der Waals surface area contributed by atoms with Crippen LogP contribution < -0.4 is 16.0 Å². The number of aryl methyl sites for hydroxylation is 1. The number of rotatable bonds is 16. The van der Waals surface area contributed by atoms with Gasteiger partial charge in [-0.1, -0.05) is 72.8 Å². The fourth-order valence-corrected chi connectivity index (χ4v) is 8.81. The molecular formula is C40H49N4O6P. The summed E-state index contributed by atoms with van der Waals surface area (Å²) in [6.45, 7) is 17.9. The predicted octanol–water partition coefficient (Wildman–Crippen LogP) is 7.62. The molecule has 11 heteroatoms. The largest absolute Gasteiger partial charge is 0.497 e. The first kappa shape index (κ1) is 38.1. The molecule has 0 radical (unpaired) electrons. The van der Waals surface area contributed by atoms with Crippen molar-refractivity contribution in [2.45, 2.75) is 89.8 Å². The zero-order chi connectivity index (χ0) is 36.5. The fraction of sp³-hybridized carbons (Fsp3) is 0.425. The number of nitrogens with one attached hydrogen (secondary N) is 1. The summed E-state index contributed by atoms with van der Waals surface area (Å²) in [6.07, 6.45) is 1.60. The van der Waals surface area contributed by atoms with Crippen LogP contribution in [0.5, 0.6) is 5.75 Å². The lowest BCUT2D eigenvalue weighted by atomic mass is 9.66. The van der Waals surface area contributed by atoms with Gasteiger partial charge in [0.25, 0.3) is 14.1 Å². The summed E-state index contributed by atoms with van der Waals surface area (Å²) in [5, 5.41) is 0. The second kappa shape index (κ2) is 17.4. The monoisotopic (exact) mass is 712 g/mol. The van der Waals surface area contributed by atoms with Crippen LogP contribution in [0.3, 0.4) is 0 Å². The number of aromatic nitrogens is 2.